The highest BCUT2D eigenvalue weighted by molar-refractivity contribution is 5.79. The Hall–Kier alpha value is -3.49. The Labute approximate surface area is 195 Å². The number of alkyl halides is 3. The van der Waals surface area contributed by atoms with Crippen LogP contribution in [-0.2, 0) is 28.7 Å². The van der Waals surface area contributed by atoms with E-state index in [0.29, 0.717) is 18.2 Å². The van der Waals surface area contributed by atoms with Crippen LogP contribution in [0.1, 0.15) is 36.2 Å². The van der Waals surface area contributed by atoms with Gasteiger partial charge in [-0.3, -0.25) is 0 Å². The van der Waals surface area contributed by atoms with E-state index in [1.807, 2.05) is 30.3 Å². The highest BCUT2D eigenvalue weighted by Gasteiger charge is 2.32. The topological polar surface area (TPSA) is 63.4 Å². The fourth-order valence-electron chi connectivity index (χ4n) is 3.45. The van der Waals surface area contributed by atoms with Crippen molar-refractivity contribution in [3.05, 3.63) is 82.9 Å². The number of ether oxygens (including phenoxy) is 2. The molecule has 2 N–H and O–H groups in total. The number of carbonyl (C=O) groups excluding carboxylic acids is 1. The molecule has 3 aromatic rings. The predicted octanol–water partition coefficient (Wildman–Crippen LogP) is 5.95. The fourth-order valence-corrected chi connectivity index (χ4v) is 3.45. The molecule has 0 aliphatic heterocycles. The summed E-state index contributed by atoms with van der Waals surface area (Å²) in [4.78, 5) is 15.8. The second-order valence-electron chi connectivity index (χ2n) is 8.18. The number of anilines is 1. The summed E-state index contributed by atoms with van der Waals surface area (Å²) in [6.45, 7) is 3.42. The van der Waals surface area contributed by atoms with Crippen LogP contribution < -0.4 is 10.1 Å². The maximum absolute atomic E-state index is 14.3. The van der Waals surface area contributed by atoms with E-state index in [9.17, 15) is 22.4 Å². The molecule has 0 bridgehead atoms. The second kappa shape index (κ2) is 10.6. The third kappa shape index (κ3) is 6.30. The molecule has 1 atom stereocenters. The van der Waals surface area contributed by atoms with E-state index in [1.54, 1.807) is 27.2 Å². The van der Waals surface area contributed by atoms with Gasteiger partial charge in [0, 0.05) is 6.20 Å². The number of H-pyrrole nitrogens is 1. The van der Waals surface area contributed by atoms with Gasteiger partial charge in [0.15, 0.2) is 0 Å². The average Bonchev–Trinajstić information content (AvgIpc) is 3.22. The number of carbonyl (C=O) groups is 1. The van der Waals surface area contributed by atoms with Crippen molar-refractivity contribution in [2.45, 2.75) is 39.1 Å². The number of aromatic amines is 1. The van der Waals surface area contributed by atoms with Gasteiger partial charge in [0.2, 0.25) is 0 Å². The van der Waals surface area contributed by atoms with E-state index < -0.39 is 29.6 Å². The van der Waals surface area contributed by atoms with Gasteiger partial charge in [-0.2, -0.15) is 13.2 Å². The largest absolute Gasteiger partial charge is 0.497 e. The summed E-state index contributed by atoms with van der Waals surface area (Å²) in [6, 6.07) is 10.7. The Morgan fingerprint density at radius 1 is 1.12 bits per heavy atom. The summed E-state index contributed by atoms with van der Waals surface area (Å²) in [5.41, 5.74) is 1.35. The van der Waals surface area contributed by atoms with Crippen molar-refractivity contribution in [2.24, 2.45) is 5.92 Å². The standard InChI is InChI=1S/C25H26F4N2O3/c1-15(2)23(31-21-8-7-18(13-20(21)26)25(27,28)29)24(32)34-14-22-17(9-10-30-22)11-16-5-4-6-19(12-16)33-3/h4-10,12-13,15,23,30-31H,11,14H2,1-3H3. The maximum atomic E-state index is 14.3. The zero-order valence-electron chi connectivity index (χ0n) is 19.0. The molecule has 0 radical (unpaired) electrons. The number of aromatic nitrogens is 1. The number of hydrogen-bond donors (Lipinski definition) is 2. The molecule has 0 spiro atoms. The molecule has 5 nitrogen and oxygen atoms in total. The molecule has 0 amide bonds. The molecule has 34 heavy (non-hydrogen) atoms. The first kappa shape index (κ1) is 25.1. The number of rotatable bonds is 9. The molecule has 0 aliphatic carbocycles. The smallest absolute Gasteiger partial charge is 0.416 e. The quantitative estimate of drug-likeness (QED) is 0.295. The molecular formula is C25H26F4N2O3. The van der Waals surface area contributed by atoms with Crippen LogP contribution in [0.2, 0.25) is 0 Å². The summed E-state index contributed by atoms with van der Waals surface area (Å²) < 4.78 is 63.3. The third-order valence-corrected chi connectivity index (χ3v) is 5.35. The number of benzene rings is 2. The minimum atomic E-state index is -4.66. The Bertz CT molecular complexity index is 1130. The Balaban J connectivity index is 1.67. The fraction of sp³-hybridized carbons (Fsp3) is 0.320. The van der Waals surface area contributed by atoms with Crippen molar-refractivity contribution in [3.8, 4) is 5.75 Å². The Kier molecular flexibility index (Phi) is 7.86. The Morgan fingerprint density at radius 3 is 2.53 bits per heavy atom. The molecule has 1 heterocycles. The number of halogens is 4. The van der Waals surface area contributed by atoms with Gasteiger partial charge in [0.05, 0.1) is 24.1 Å². The first-order chi connectivity index (χ1) is 16.1. The van der Waals surface area contributed by atoms with Gasteiger partial charge >= 0.3 is 12.1 Å². The third-order valence-electron chi connectivity index (χ3n) is 5.35. The minimum absolute atomic E-state index is 0.0362. The molecule has 0 aliphatic rings. The molecule has 3 rings (SSSR count). The summed E-state index contributed by atoms with van der Waals surface area (Å²) in [5, 5.41) is 2.68. The van der Waals surface area contributed by atoms with Crippen molar-refractivity contribution < 1.29 is 31.8 Å². The molecule has 1 aromatic heterocycles. The summed E-state index contributed by atoms with van der Waals surface area (Å²) in [5.74, 6) is -1.31. The molecule has 0 fully saturated rings. The zero-order valence-corrected chi connectivity index (χ0v) is 19.0. The number of nitrogens with one attached hydrogen (secondary N) is 2. The van der Waals surface area contributed by atoms with Crippen LogP contribution >= 0.6 is 0 Å². The van der Waals surface area contributed by atoms with Crippen LogP contribution in [0.3, 0.4) is 0 Å². The van der Waals surface area contributed by atoms with Crippen molar-refractivity contribution in [1.82, 2.24) is 4.98 Å². The van der Waals surface area contributed by atoms with E-state index in [-0.39, 0.29) is 18.2 Å². The van der Waals surface area contributed by atoms with Crippen molar-refractivity contribution in [3.63, 3.8) is 0 Å². The summed E-state index contributed by atoms with van der Waals surface area (Å²) in [6.07, 6.45) is -2.32. The molecule has 182 valence electrons. The molecule has 1 unspecified atom stereocenters. The van der Waals surface area contributed by atoms with Gasteiger partial charge in [-0.1, -0.05) is 26.0 Å². The second-order valence-corrected chi connectivity index (χ2v) is 8.18. The molecule has 0 saturated carbocycles. The lowest BCUT2D eigenvalue weighted by Gasteiger charge is -2.22. The van der Waals surface area contributed by atoms with Gasteiger partial charge in [0.1, 0.15) is 24.2 Å². The number of esters is 1. The van der Waals surface area contributed by atoms with Crippen LogP contribution in [0.25, 0.3) is 0 Å². The van der Waals surface area contributed by atoms with E-state index in [4.69, 9.17) is 9.47 Å². The summed E-state index contributed by atoms with van der Waals surface area (Å²) in [7, 11) is 1.59. The van der Waals surface area contributed by atoms with Crippen molar-refractivity contribution in [2.75, 3.05) is 12.4 Å². The van der Waals surface area contributed by atoms with E-state index in [0.717, 1.165) is 29.0 Å². The lowest BCUT2D eigenvalue weighted by Crippen LogP contribution is -2.36. The van der Waals surface area contributed by atoms with Gasteiger partial charge in [-0.25, -0.2) is 9.18 Å². The van der Waals surface area contributed by atoms with E-state index in [2.05, 4.69) is 10.3 Å². The SMILES string of the molecule is COc1cccc(Cc2cc[nH]c2COC(=O)C(Nc2ccc(C(F)(F)F)cc2F)C(C)C)c1. The molecule has 9 heteroatoms. The van der Waals surface area contributed by atoms with Crippen LogP contribution in [-0.4, -0.2) is 24.1 Å². The van der Waals surface area contributed by atoms with Crippen LogP contribution in [0.15, 0.2) is 54.7 Å². The zero-order chi connectivity index (χ0) is 24.9. The minimum Gasteiger partial charge on any atom is -0.497 e. The van der Waals surface area contributed by atoms with Crippen molar-refractivity contribution in [1.29, 1.82) is 0 Å². The lowest BCUT2D eigenvalue weighted by molar-refractivity contribution is -0.147. The highest BCUT2D eigenvalue weighted by atomic mass is 19.4. The van der Waals surface area contributed by atoms with E-state index >= 15 is 0 Å². The molecular weight excluding hydrogens is 452 g/mol. The predicted molar refractivity (Wildman–Crippen MR) is 120 cm³/mol. The Morgan fingerprint density at radius 2 is 1.88 bits per heavy atom. The number of methoxy groups -OCH3 is 1. The van der Waals surface area contributed by atoms with Gasteiger partial charge < -0.3 is 19.8 Å². The normalized spacial score (nSPS) is 12.5. The monoisotopic (exact) mass is 478 g/mol. The van der Waals surface area contributed by atoms with E-state index in [1.165, 1.54) is 0 Å². The average molecular weight is 478 g/mol. The summed E-state index contributed by atoms with van der Waals surface area (Å²) >= 11 is 0. The highest BCUT2D eigenvalue weighted by Crippen LogP contribution is 2.31. The molecule has 0 saturated heterocycles. The van der Waals surface area contributed by atoms with Crippen molar-refractivity contribution >= 4 is 11.7 Å². The van der Waals surface area contributed by atoms with Crippen LogP contribution in [0, 0.1) is 11.7 Å². The molecule has 2 aromatic carbocycles. The maximum Gasteiger partial charge on any atom is 0.416 e. The first-order valence-electron chi connectivity index (χ1n) is 10.7. The number of hydrogen-bond acceptors (Lipinski definition) is 4. The first-order valence-corrected chi connectivity index (χ1v) is 10.7. The lowest BCUT2D eigenvalue weighted by atomic mass is 10.0. The van der Waals surface area contributed by atoms with Gasteiger partial charge in [-0.05, 0) is 59.9 Å². The van der Waals surface area contributed by atoms with Gasteiger partial charge in [0.25, 0.3) is 0 Å². The van der Waals surface area contributed by atoms with Crippen LogP contribution in [0.5, 0.6) is 5.75 Å². The van der Waals surface area contributed by atoms with Crippen LogP contribution in [0.4, 0.5) is 23.2 Å². The van der Waals surface area contributed by atoms with Gasteiger partial charge in [-0.15, -0.1) is 0 Å².